The van der Waals surface area contributed by atoms with Crippen molar-refractivity contribution in [1.29, 1.82) is 0 Å². The number of nitrogens with zero attached hydrogens (tertiary/aromatic N) is 2. The molecule has 0 saturated carbocycles. The molecular formula is C11H11ClN4O2. The first kappa shape index (κ1) is 12.5. The normalized spacial score (nSPS) is 12.4. The van der Waals surface area contributed by atoms with Crippen LogP contribution in [0.2, 0.25) is 5.02 Å². The number of rotatable bonds is 3. The molecule has 6 nitrogen and oxygen atoms in total. The highest BCUT2D eigenvalue weighted by atomic mass is 35.5. The Balaban J connectivity index is 2.44. The lowest BCUT2D eigenvalue weighted by molar-refractivity contribution is -0.384. The van der Waals surface area contributed by atoms with Gasteiger partial charge in [0.1, 0.15) is 10.8 Å². The van der Waals surface area contributed by atoms with Crippen molar-refractivity contribution in [1.82, 2.24) is 9.97 Å². The van der Waals surface area contributed by atoms with E-state index in [1.54, 1.807) is 12.3 Å². The lowest BCUT2D eigenvalue weighted by Gasteiger charge is -2.01. The van der Waals surface area contributed by atoms with Crippen LogP contribution in [0, 0.1) is 10.1 Å². The van der Waals surface area contributed by atoms with E-state index in [1.807, 2.05) is 6.92 Å². The molecule has 2 rings (SSSR count). The summed E-state index contributed by atoms with van der Waals surface area (Å²) in [6.45, 7) is 1.82. The first-order valence-electron chi connectivity index (χ1n) is 5.24. The molecule has 1 atom stereocenters. The molecule has 1 unspecified atom stereocenters. The second kappa shape index (κ2) is 4.75. The lowest BCUT2D eigenvalue weighted by Crippen LogP contribution is -2.04. The first-order chi connectivity index (χ1) is 8.49. The standard InChI is InChI=1S/C11H11ClN4O2/c1-6(13)9-5-14-11(15-9)7-2-3-8(12)10(4-7)16(17)18/h2-6H,13H2,1H3,(H,14,15). The molecular weight excluding hydrogens is 256 g/mol. The molecule has 18 heavy (non-hydrogen) atoms. The van der Waals surface area contributed by atoms with Gasteiger partial charge < -0.3 is 10.7 Å². The summed E-state index contributed by atoms with van der Waals surface area (Å²) in [4.78, 5) is 17.4. The highest BCUT2D eigenvalue weighted by Gasteiger charge is 2.15. The van der Waals surface area contributed by atoms with Crippen molar-refractivity contribution in [3.8, 4) is 11.4 Å². The van der Waals surface area contributed by atoms with Crippen LogP contribution in [0.5, 0.6) is 0 Å². The Labute approximate surface area is 108 Å². The average Bonchev–Trinajstić information content (AvgIpc) is 2.78. The highest BCUT2D eigenvalue weighted by molar-refractivity contribution is 6.32. The number of hydrogen-bond donors (Lipinski definition) is 2. The molecule has 0 fully saturated rings. The summed E-state index contributed by atoms with van der Waals surface area (Å²) in [5.74, 6) is 0.530. The molecule has 7 heteroatoms. The second-order valence-electron chi connectivity index (χ2n) is 3.90. The maximum absolute atomic E-state index is 10.8. The minimum Gasteiger partial charge on any atom is -0.341 e. The summed E-state index contributed by atoms with van der Waals surface area (Å²) < 4.78 is 0. The van der Waals surface area contributed by atoms with Crippen LogP contribution in [0.3, 0.4) is 0 Å². The minimum atomic E-state index is -0.527. The molecule has 1 heterocycles. The summed E-state index contributed by atoms with van der Waals surface area (Å²) in [5, 5.41) is 10.9. The molecule has 0 aliphatic rings. The van der Waals surface area contributed by atoms with Crippen LogP contribution in [-0.4, -0.2) is 14.9 Å². The van der Waals surface area contributed by atoms with E-state index >= 15 is 0 Å². The third-order valence-electron chi connectivity index (χ3n) is 2.50. The van der Waals surface area contributed by atoms with Gasteiger partial charge in [0.15, 0.2) is 0 Å². The third-order valence-corrected chi connectivity index (χ3v) is 2.82. The number of imidazole rings is 1. The van der Waals surface area contributed by atoms with Gasteiger partial charge >= 0.3 is 0 Å². The predicted octanol–water partition coefficient (Wildman–Crippen LogP) is 2.66. The molecule has 2 aromatic rings. The summed E-state index contributed by atoms with van der Waals surface area (Å²) in [6.07, 6.45) is 1.61. The van der Waals surface area contributed by atoms with E-state index in [1.165, 1.54) is 12.1 Å². The number of hydrogen-bond acceptors (Lipinski definition) is 4. The Morgan fingerprint density at radius 3 is 2.83 bits per heavy atom. The monoisotopic (exact) mass is 266 g/mol. The number of aromatic amines is 1. The van der Waals surface area contributed by atoms with Crippen LogP contribution < -0.4 is 5.73 Å². The van der Waals surface area contributed by atoms with Gasteiger partial charge in [0.05, 0.1) is 16.8 Å². The van der Waals surface area contributed by atoms with Crippen LogP contribution in [0.4, 0.5) is 5.69 Å². The van der Waals surface area contributed by atoms with Crippen molar-refractivity contribution >= 4 is 17.3 Å². The quantitative estimate of drug-likeness (QED) is 0.659. The van der Waals surface area contributed by atoms with Gasteiger partial charge in [0, 0.05) is 17.7 Å². The molecule has 0 aliphatic heterocycles. The number of halogens is 1. The average molecular weight is 267 g/mol. The topological polar surface area (TPSA) is 97.8 Å². The van der Waals surface area contributed by atoms with Gasteiger partial charge in [-0.2, -0.15) is 0 Å². The Hall–Kier alpha value is -1.92. The number of H-pyrrole nitrogens is 1. The highest BCUT2D eigenvalue weighted by Crippen LogP contribution is 2.29. The van der Waals surface area contributed by atoms with Crippen molar-refractivity contribution in [3.05, 3.63) is 45.2 Å². The zero-order valence-corrected chi connectivity index (χ0v) is 10.3. The molecule has 0 aliphatic carbocycles. The van der Waals surface area contributed by atoms with E-state index in [4.69, 9.17) is 17.3 Å². The van der Waals surface area contributed by atoms with E-state index in [2.05, 4.69) is 9.97 Å². The fourth-order valence-electron chi connectivity index (χ4n) is 1.51. The fraction of sp³-hybridized carbons (Fsp3) is 0.182. The molecule has 0 amide bonds. The number of benzene rings is 1. The summed E-state index contributed by atoms with van der Waals surface area (Å²) >= 11 is 5.74. The number of nitrogens with two attached hydrogens (primary N) is 1. The zero-order valence-electron chi connectivity index (χ0n) is 9.55. The largest absolute Gasteiger partial charge is 0.341 e. The fourth-order valence-corrected chi connectivity index (χ4v) is 1.70. The first-order valence-corrected chi connectivity index (χ1v) is 5.61. The molecule has 0 radical (unpaired) electrons. The molecule has 1 aromatic carbocycles. The van der Waals surface area contributed by atoms with E-state index in [9.17, 15) is 10.1 Å². The summed E-state index contributed by atoms with van der Waals surface area (Å²) in [6, 6.07) is 4.35. The van der Waals surface area contributed by atoms with Crippen LogP contribution >= 0.6 is 11.6 Å². The maximum atomic E-state index is 10.8. The molecule has 0 saturated heterocycles. The van der Waals surface area contributed by atoms with Gasteiger partial charge in [-0.05, 0) is 19.1 Å². The van der Waals surface area contributed by atoms with Crippen LogP contribution in [-0.2, 0) is 0 Å². The maximum Gasteiger partial charge on any atom is 0.288 e. The van der Waals surface area contributed by atoms with Gasteiger partial charge in [-0.25, -0.2) is 4.98 Å². The lowest BCUT2D eigenvalue weighted by atomic mass is 10.2. The second-order valence-corrected chi connectivity index (χ2v) is 4.31. The Morgan fingerprint density at radius 2 is 2.28 bits per heavy atom. The van der Waals surface area contributed by atoms with Crippen molar-refractivity contribution < 1.29 is 4.92 Å². The van der Waals surface area contributed by atoms with Gasteiger partial charge in [-0.3, -0.25) is 10.1 Å². The third kappa shape index (κ3) is 2.34. The molecule has 0 spiro atoms. The van der Waals surface area contributed by atoms with Crippen LogP contribution in [0.15, 0.2) is 24.4 Å². The predicted molar refractivity (Wildman–Crippen MR) is 68.3 cm³/mol. The zero-order chi connectivity index (χ0) is 13.3. The van der Waals surface area contributed by atoms with E-state index in [0.29, 0.717) is 11.4 Å². The Kier molecular flexibility index (Phi) is 3.31. The van der Waals surface area contributed by atoms with Gasteiger partial charge in [-0.1, -0.05) is 11.6 Å². The number of aromatic nitrogens is 2. The molecule has 1 aromatic heterocycles. The van der Waals surface area contributed by atoms with Crippen molar-refractivity contribution in [2.45, 2.75) is 13.0 Å². The SMILES string of the molecule is CC(N)c1cnc(-c2ccc(Cl)c([N+](=O)[O-])c2)[nH]1. The van der Waals surface area contributed by atoms with Crippen LogP contribution in [0.25, 0.3) is 11.4 Å². The number of nitro benzene ring substituents is 1. The molecule has 3 N–H and O–H groups in total. The molecule has 0 bridgehead atoms. The van der Waals surface area contributed by atoms with Gasteiger partial charge in [0.25, 0.3) is 5.69 Å². The minimum absolute atomic E-state index is 0.0997. The van der Waals surface area contributed by atoms with Crippen molar-refractivity contribution in [2.24, 2.45) is 5.73 Å². The smallest absolute Gasteiger partial charge is 0.288 e. The van der Waals surface area contributed by atoms with Crippen molar-refractivity contribution in [2.75, 3.05) is 0 Å². The van der Waals surface area contributed by atoms with Gasteiger partial charge in [-0.15, -0.1) is 0 Å². The number of nitro groups is 1. The summed E-state index contributed by atoms with van der Waals surface area (Å²) in [5.41, 5.74) is 6.92. The number of nitrogens with one attached hydrogen (secondary N) is 1. The van der Waals surface area contributed by atoms with E-state index < -0.39 is 4.92 Å². The van der Waals surface area contributed by atoms with E-state index in [0.717, 1.165) is 5.69 Å². The van der Waals surface area contributed by atoms with Crippen molar-refractivity contribution in [3.63, 3.8) is 0 Å². The Bertz CT molecular complexity index is 594. The van der Waals surface area contributed by atoms with Crippen LogP contribution in [0.1, 0.15) is 18.7 Å². The molecule has 94 valence electrons. The Morgan fingerprint density at radius 1 is 1.56 bits per heavy atom. The van der Waals surface area contributed by atoms with E-state index in [-0.39, 0.29) is 16.8 Å². The summed E-state index contributed by atoms with van der Waals surface area (Å²) in [7, 11) is 0. The van der Waals surface area contributed by atoms with Gasteiger partial charge in [0.2, 0.25) is 0 Å².